The fourth-order valence-corrected chi connectivity index (χ4v) is 8.23. The van der Waals surface area contributed by atoms with Crippen molar-refractivity contribution in [3.05, 3.63) is 71.8 Å². The summed E-state index contributed by atoms with van der Waals surface area (Å²) in [6, 6.07) is 11.0. The van der Waals surface area contributed by atoms with Crippen molar-refractivity contribution in [1.82, 2.24) is 35.1 Å². The van der Waals surface area contributed by atoms with E-state index in [1.54, 1.807) is 56.0 Å². The van der Waals surface area contributed by atoms with Crippen molar-refractivity contribution in [2.24, 2.45) is 5.92 Å². The SMILES string of the molecule is O=C(O)CN1CCN(CC(=O)O)CCN(CC(=O)O)C(Cc2ccc(NC(=S)NCC(=O)C[C@@H](Cc3ccc(O)cc3)C(=O)N[C@@H](CCCCN3C(=O)C=CC3=O)C(=O)O)cc2)CN(CC(=O)O)CC1.[Gd]. The third kappa shape index (κ3) is 22.2. The summed E-state index contributed by atoms with van der Waals surface area (Å²) in [4.78, 5) is 118. The third-order valence-electron chi connectivity index (χ3n) is 11.6. The first-order chi connectivity index (χ1) is 33.2. The van der Waals surface area contributed by atoms with Crippen molar-refractivity contribution in [1.29, 1.82) is 0 Å². The summed E-state index contributed by atoms with van der Waals surface area (Å²) < 4.78 is 0. The number of carbonyl (C=O) groups is 9. The molecule has 2 aliphatic heterocycles. The van der Waals surface area contributed by atoms with Gasteiger partial charge in [-0.2, -0.15) is 0 Å². The fraction of sp³-hybridized carbons (Fsp3) is 0.478. The van der Waals surface area contributed by atoms with Gasteiger partial charge in [0.15, 0.2) is 10.9 Å². The summed E-state index contributed by atoms with van der Waals surface area (Å²) in [6.45, 7) is -0.748. The van der Waals surface area contributed by atoms with Crippen molar-refractivity contribution < 1.29 is 114 Å². The summed E-state index contributed by atoms with van der Waals surface area (Å²) in [5.41, 5.74) is 1.84. The minimum Gasteiger partial charge on any atom is -0.508 e. The maximum Gasteiger partial charge on any atom is 0.326 e. The minimum atomic E-state index is -1.32. The summed E-state index contributed by atoms with van der Waals surface area (Å²) in [7, 11) is 0. The quantitative estimate of drug-likeness (QED) is 0.0348. The van der Waals surface area contributed by atoms with Gasteiger partial charge in [0, 0.05) is 129 Å². The molecule has 1 saturated heterocycles. The molecular formula is C46H60GdN8O15S. The first-order valence-corrected chi connectivity index (χ1v) is 22.9. The van der Waals surface area contributed by atoms with Gasteiger partial charge in [-0.05, 0) is 79.7 Å². The molecule has 0 spiro atoms. The third-order valence-corrected chi connectivity index (χ3v) is 11.8. The number of nitrogens with one attached hydrogen (secondary N) is 3. The Hall–Kier alpha value is -5.54. The molecule has 2 aliphatic rings. The van der Waals surface area contributed by atoms with E-state index < -0.39 is 84.4 Å². The normalized spacial score (nSPS) is 17.2. The van der Waals surface area contributed by atoms with E-state index in [4.69, 9.17) is 12.2 Å². The molecule has 388 valence electrons. The van der Waals surface area contributed by atoms with E-state index in [1.807, 2.05) is 0 Å². The number of nitrogens with zero attached hydrogens (tertiary/aromatic N) is 5. The van der Waals surface area contributed by atoms with E-state index >= 15 is 0 Å². The number of amides is 3. The van der Waals surface area contributed by atoms with Gasteiger partial charge in [0.1, 0.15) is 11.8 Å². The molecule has 1 fully saturated rings. The molecule has 9 N–H and O–H groups in total. The minimum absolute atomic E-state index is 0. The second-order valence-corrected chi connectivity index (χ2v) is 17.5. The van der Waals surface area contributed by atoms with Crippen LogP contribution in [-0.2, 0) is 56.0 Å². The number of hydrogen-bond acceptors (Lipinski definition) is 15. The Balaban J connectivity index is 0.0000133. The molecule has 1 unspecified atom stereocenters. The average Bonchev–Trinajstić information content (AvgIpc) is 3.60. The number of carboxylic acid groups (broad SMARTS) is 5. The Morgan fingerprint density at radius 1 is 0.676 bits per heavy atom. The predicted molar refractivity (Wildman–Crippen MR) is 254 cm³/mol. The van der Waals surface area contributed by atoms with Crippen LogP contribution in [0, 0.1) is 45.9 Å². The van der Waals surface area contributed by atoms with Crippen molar-refractivity contribution in [2.75, 3.05) is 90.4 Å². The number of ketones is 1. The number of hydrogen-bond donors (Lipinski definition) is 9. The Labute approximate surface area is 446 Å². The van der Waals surface area contributed by atoms with Crippen LogP contribution in [-0.4, -0.2) is 211 Å². The number of unbranched alkanes of at least 4 members (excludes halogenated alkanes) is 1. The number of thiocarbonyl (C=S) groups is 1. The molecular weight excluding hydrogens is 1090 g/mol. The van der Waals surface area contributed by atoms with E-state index in [-0.39, 0.29) is 155 Å². The van der Waals surface area contributed by atoms with Crippen molar-refractivity contribution in [2.45, 2.75) is 50.6 Å². The maximum atomic E-state index is 13.6. The summed E-state index contributed by atoms with van der Waals surface area (Å²) in [5.74, 6) is -8.86. The summed E-state index contributed by atoms with van der Waals surface area (Å²) in [5, 5.41) is 66.8. The van der Waals surface area contributed by atoms with E-state index in [0.717, 1.165) is 22.6 Å². The topological polar surface area (TPSA) is 327 Å². The molecule has 2 aromatic carbocycles. The van der Waals surface area contributed by atoms with Crippen molar-refractivity contribution in [3.8, 4) is 5.75 Å². The van der Waals surface area contributed by atoms with E-state index in [9.17, 15) is 73.8 Å². The van der Waals surface area contributed by atoms with Crippen molar-refractivity contribution >= 4 is 76.4 Å². The number of aromatic hydroxyl groups is 1. The molecule has 25 heteroatoms. The maximum absolute atomic E-state index is 13.6. The zero-order valence-corrected chi connectivity index (χ0v) is 41.9. The summed E-state index contributed by atoms with van der Waals surface area (Å²) >= 11 is 5.45. The van der Waals surface area contributed by atoms with Gasteiger partial charge < -0.3 is 46.6 Å². The van der Waals surface area contributed by atoms with Crippen LogP contribution in [0.4, 0.5) is 5.69 Å². The van der Waals surface area contributed by atoms with Crippen LogP contribution in [0.15, 0.2) is 60.7 Å². The van der Waals surface area contributed by atoms with E-state index in [2.05, 4.69) is 16.0 Å². The average molecular weight is 1150 g/mol. The molecule has 23 nitrogen and oxygen atoms in total. The first kappa shape index (κ1) is 59.8. The Morgan fingerprint density at radius 2 is 1.20 bits per heavy atom. The zero-order valence-electron chi connectivity index (χ0n) is 38.8. The van der Waals surface area contributed by atoms with Gasteiger partial charge in [-0.1, -0.05) is 24.3 Å². The predicted octanol–water partition coefficient (Wildman–Crippen LogP) is -0.367. The Kier molecular flexibility index (Phi) is 25.6. The van der Waals surface area contributed by atoms with Gasteiger partial charge in [-0.3, -0.25) is 62.9 Å². The standard InChI is InChI=1S/C46H60N8O15S.Gd/c55-35-10-6-30(7-11-35)21-32(44(67)49-37(45(68)69)3-1-2-14-54-38(57)12-13-39(54)58)23-36(56)24-47-46(70)48-33-8-4-31(5-9-33)22-34-25-52(28-42(63)64)18-17-50(26-40(59)60)15-16-51(27-41(61)62)19-20-53(34)29-43(65)66;/h4-13,32,34,37,55H,1-3,14-29H2,(H,49,67)(H,59,60)(H,61,62)(H,63,64)(H,65,66)(H,68,69)(H2,47,48,70);/t32-,34?,37+;/m1./s1. The number of anilines is 1. The number of aliphatic carboxylic acids is 5. The Morgan fingerprint density at radius 3 is 1.75 bits per heavy atom. The number of imide groups is 1. The summed E-state index contributed by atoms with van der Waals surface area (Å²) in [6.07, 6.45) is 2.83. The van der Waals surface area contributed by atoms with Crippen LogP contribution in [0.2, 0.25) is 0 Å². The molecule has 2 aromatic rings. The monoisotopic (exact) mass is 1150 g/mol. The number of rotatable bonds is 25. The molecule has 3 atom stereocenters. The van der Waals surface area contributed by atoms with Gasteiger partial charge in [-0.15, -0.1) is 0 Å². The van der Waals surface area contributed by atoms with Crippen LogP contribution in [0.25, 0.3) is 0 Å². The van der Waals surface area contributed by atoms with Crippen LogP contribution in [0.3, 0.4) is 0 Å². The van der Waals surface area contributed by atoms with E-state index in [1.165, 1.54) is 12.1 Å². The van der Waals surface area contributed by atoms with Crippen LogP contribution in [0.1, 0.15) is 36.8 Å². The molecule has 0 aromatic heterocycles. The molecule has 4 rings (SSSR count). The number of Topliss-reactive ketones (excluding diaryl/α,β-unsaturated/α-hetero) is 1. The molecule has 3 amide bonds. The first-order valence-electron chi connectivity index (χ1n) is 22.5. The van der Waals surface area contributed by atoms with Crippen LogP contribution < -0.4 is 16.0 Å². The van der Waals surface area contributed by atoms with Crippen LogP contribution in [0.5, 0.6) is 5.75 Å². The molecule has 0 radical (unpaired) electrons. The molecule has 2 heterocycles. The fourth-order valence-electron chi connectivity index (χ4n) is 8.04. The second-order valence-electron chi connectivity index (χ2n) is 17.1. The van der Waals surface area contributed by atoms with Gasteiger partial charge in [0.05, 0.1) is 32.7 Å². The molecule has 0 aliphatic carbocycles. The number of benzene rings is 2. The van der Waals surface area contributed by atoms with Gasteiger partial charge in [0.2, 0.25) is 5.91 Å². The number of phenols is 1. The van der Waals surface area contributed by atoms with Crippen LogP contribution >= 0.6 is 12.2 Å². The second kappa shape index (κ2) is 30.4. The van der Waals surface area contributed by atoms with Gasteiger partial charge in [-0.25, -0.2) is 4.79 Å². The van der Waals surface area contributed by atoms with Gasteiger partial charge in [0.25, 0.3) is 11.8 Å². The largest absolute Gasteiger partial charge is 0.508 e. The zero-order chi connectivity index (χ0) is 51.3. The number of carboxylic acids is 5. The number of carbonyl (C=O) groups excluding carboxylic acids is 4. The smallest absolute Gasteiger partial charge is 0.326 e. The Bertz CT molecular complexity index is 2220. The number of phenolic OH excluding ortho intramolecular Hbond substituents is 1. The van der Waals surface area contributed by atoms with Crippen molar-refractivity contribution in [3.63, 3.8) is 0 Å². The van der Waals surface area contributed by atoms with Gasteiger partial charge >= 0.3 is 29.8 Å². The van der Waals surface area contributed by atoms with E-state index in [0.29, 0.717) is 17.7 Å². The molecule has 0 saturated carbocycles. The molecule has 71 heavy (non-hydrogen) atoms. The molecule has 0 bridgehead atoms.